The normalized spacial score (nSPS) is 12.8. The second kappa shape index (κ2) is 7.24. The third kappa shape index (κ3) is 5.97. The number of nitrogens with zero attached hydrogens (tertiary/aromatic N) is 1. The van der Waals surface area contributed by atoms with Gasteiger partial charge >= 0.3 is 5.97 Å². The molecule has 4 nitrogen and oxygen atoms in total. The number of nitriles is 1. The molecule has 0 bridgehead atoms. The molecule has 21 heavy (non-hydrogen) atoms. The summed E-state index contributed by atoms with van der Waals surface area (Å²) < 4.78 is 5.44. The van der Waals surface area contributed by atoms with E-state index in [1.54, 1.807) is 12.1 Å². The van der Waals surface area contributed by atoms with Gasteiger partial charge in [0.05, 0.1) is 11.6 Å². The molecule has 0 saturated carbocycles. The summed E-state index contributed by atoms with van der Waals surface area (Å²) in [7, 11) is 0. The number of carbonyl (C=O) groups excluding carboxylic acids is 1. The Kier molecular flexibility index (Phi) is 5.92. The summed E-state index contributed by atoms with van der Waals surface area (Å²) in [4.78, 5) is 12.2. The number of nitrogens with one attached hydrogen (secondary N) is 1. The van der Waals surface area contributed by atoms with Crippen LogP contribution in [0.5, 0.6) is 0 Å². The first kappa shape index (κ1) is 17.2. The van der Waals surface area contributed by atoms with Gasteiger partial charge < -0.3 is 10.1 Å². The van der Waals surface area contributed by atoms with Gasteiger partial charge in [-0.05, 0) is 44.4 Å². The quantitative estimate of drug-likeness (QED) is 0.846. The summed E-state index contributed by atoms with van der Waals surface area (Å²) in [6.07, 6.45) is 0. The van der Waals surface area contributed by atoms with Crippen LogP contribution >= 0.6 is 0 Å². The molecule has 114 valence electrons. The van der Waals surface area contributed by atoms with Crippen molar-refractivity contribution >= 4 is 5.97 Å². The Labute approximate surface area is 127 Å². The minimum Gasteiger partial charge on any atom is -0.459 e. The van der Waals surface area contributed by atoms with E-state index in [1.165, 1.54) is 0 Å². The lowest BCUT2D eigenvalue weighted by atomic mass is 10.0. The van der Waals surface area contributed by atoms with Crippen LogP contribution in [-0.4, -0.2) is 17.6 Å². The molecule has 0 amide bonds. The lowest BCUT2D eigenvalue weighted by Crippen LogP contribution is -2.44. The van der Waals surface area contributed by atoms with Crippen LogP contribution in [0.1, 0.15) is 45.7 Å². The molecule has 0 unspecified atom stereocenters. The topological polar surface area (TPSA) is 62.1 Å². The van der Waals surface area contributed by atoms with E-state index in [9.17, 15) is 4.79 Å². The Morgan fingerprint density at radius 2 is 1.86 bits per heavy atom. The Bertz CT molecular complexity index is 507. The van der Waals surface area contributed by atoms with E-state index < -0.39 is 5.60 Å². The number of benzene rings is 1. The van der Waals surface area contributed by atoms with E-state index >= 15 is 0 Å². The molecule has 1 aromatic carbocycles. The molecule has 0 spiro atoms. The zero-order valence-electron chi connectivity index (χ0n) is 13.4. The van der Waals surface area contributed by atoms with Crippen molar-refractivity contribution in [1.29, 1.82) is 5.26 Å². The summed E-state index contributed by atoms with van der Waals surface area (Å²) >= 11 is 0. The predicted octanol–water partition coefficient (Wildman–Crippen LogP) is 3.01. The first-order valence-electron chi connectivity index (χ1n) is 7.18. The van der Waals surface area contributed by atoms with Crippen LogP contribution in [0, 0.1) is 17.2 Å². The molecule has 4 heteroatoms. The Morgan fingerprint density at radius 3 is 2.29 bits per heavy atom. The van der Waals surface area contributed by atoms with Crippen LogP contribution in [0.3, 0.4) is 0 Å². The zero-order valence-corrected chi connectivity index (χ0v) is 13.4. The average Bonchev–Trinajstić information content (AvgIpc) is 2.37. The minimum atomic E-state index is -0.486. The summed E-state index contributed by atoms with van der Waals surface area (Å²) in [6, 6.07) is 9.06. The van der Waals surface area contributed by atoms with Crippen LogP contribution in [0.2, 0.25) is 0 Å². The lowest BCUT2D eigenvalue weighted by molar-refractivity contribution is -0.158. The molecule has 0 aliphatic heterocycles. The minimum absolute atomic E-state index is 0.137. The maximum Gasteiger partial charge on any atom is 0.323 e. The Hall–Kier alpha value is -1.86. The molecule has 0 aliphatic carbocycles. The molecule has 0 radical (unpaired) electrons. The van der Waals surface area contributed by atoms with Crippen molar-refractivity contribution in [3.05, 3.63) is 35.4 Å². The fourth-order valence-corrected chi connectivity index (χ4v) is 1.88. The molecule has 0 aliphatic rings. The molecule has 1 aromatic rings. The van der Waals surface area contributed by atoms with Gasteiger partial charge in [0.25, 0.3) is 0 Å². The number of esters is 1. The first-order valence-corrected chi connectivity index (χ1v) is 7.18. The number of hydrogen-bond acceptors (Lipinski definition) is 4. The number of ether oxygens (including phenoxy) is 1. The maximum atomic E-state index is 12.2. The van der Waals surface area contributed by atoms with Gasteiger partial charge in [0.2, 0.25) is 0 Å². The van der Waals surface area contributed by atoms with Crippen molar-refractivity contribution in [2.75, 3.05) is 0 Å². The van der Waals surface area contributed by atoms with Gasteiger partial charge in [-0.15, -0.1) is 0 Å². The van der Waals surface area contributed by atoms with Gasteiger partial charge in [-0.1, -0.05) is 26.0 Å². The SMILES string of the molecule is CC(C)[C@H](NCc1ccc(C#N)cc1)C(=O)OC(C)(C)C. The fourth-order valence-electron chi connectivity index (χ4n) is 1.88. The van der Waals surface area contributed by atoms with Crippen molar-refractivity contribution in [3.63, 3.8) is 0 Å². The van der Waals surface area contributed by atoms with E-state index in [2.05, 4.69) is 11.4 Å². The third-order valence-electron chi connectivity index (χ3n) is 2.94. The maximum absolute atomic E-state index is 12.2. The summed E-state index contributed by atoms with van der Waals surface area (Å²) in [5.74, 6) is -0.0932. The lowest BCUT2D eigenvalue weighted by Gasteiger charge is -2.26. The Morgan fingerprint density at radius 1 is 1.29 bits per heavy atom. The second-order valence-corrected chi connectivity index (χ2v) is 6.44. The van der Waals surface area contributed by atoms with Gasteiger partial charge in [-0.3, -0.25) is 4.79 Å². The fraction of sp³-hybridized carbons (Fsp3) is 0.529. The standard InChI is InChI=1S/C17H24N2O2/c1-12(2)15(16(20)21-17(3,4)5)19-11-14-8-6-13(10-18)7-9-14/h6-9,12,15,19H,11H2,1-5H3/t15-/m0/s1. The van der Waals surface area contributed by atoms with Gasteiger partial charge in [-0.2, -0.15) is 5.26 Å². The number of carbonyl (C=O) groups is 1. The van der Waals surface area contributed by atoms with Crippen molar-refractivity contribution in [2.45, 2.75) is 52.8 Å². The molecule has 1 N–H and O–H groups in total. The van der Waals surface area contributed by atoms with Crippen LogP contribution in [0.4, 0.5) is 0 Å². The van der Waals surface area contributed by atoms with Crippen LogP contribution < -0.4 is 5.32 Å². The van der Waals surface area contributed by atoms with Gasteiger partial charge in [0.1, 0.15) is 11.6 Å². The molecule has 0 heterocycles. The first-order chi connectivity index (χ1) is 9.73. The largest absolute Gasteiger partial charge is 0.459 e. The van der Waals surface area contributed by atoms with E-state index in [1.807, 2.05) is 46.8 Å². The number of rotatable bonds is 5. The molecule has 1 rings (SSSR count). The van der Waals surface area contributed by atoms with E-state index in [0.717, 1.165) is 5.56 Å². The van der Waals surface area contributed by atoms with Crippen LogP contribution in [0.15, 0.2) is 24.3 Å². The van der Waals surface area contributed by atoms with Gasteiger partial charge in [0, 0.05) is 6.54 Å². The van der Waals surface area contributed by atoms with Crippen molar-refractivity contribution in [1.82, 2.24) is 5.32 Å². The average molecular weight is 288 g/mol. The smallest absolute Gasteiger partial charge is 0.323 e. The highest BCUT2D eigenvalue weighted by atomic mass is 16.6. The van der Waals surface area contributed by atoms with Crippen LogP contribution in [0.25, 0.3) is 0 Å². The van der Waals surface area contributed by atoms with E-state index in [4.69, 9.17) is 10.00 Å². The summed E-state index contributed by atoms with van der Waals surface area (Å²) in [5, 5.41) is 12.0. The molecule has 0 saturated heterocycles. The predicted molar refractivity (Wildman–Crippen MR) is 82.5 cm³/mol. The van der Waals surface area contributed by atoms with E-state index in [-0.39, 0.29) is 17.9 Å². The summed E-state index contributed by atoms with van der Waals surface area (Å²) in [5.41, 5.74) is 1.18. The molecular formula is C17H24N2O2. The molecule has 1 atom stereocenters. The highest BCUT2D eigenvalue weighted by Gasteiger charge is 2.27. The zero-order chi connectivity index (χ0) is 16.0. The van der Waals surface area contributed by atoms with Crippen molar-refractivity contribution in [3.8, 4) is 6.07 Å². The van der Waals surface area contributed by atoms with Gasteiger partial charge in [-0.25, -0.2) is 0 Å². The second-order valence-electron chi connectivity index (χ2n) is 6.44. The highest BCUT2D eigenvalue weighted by Crippen LogP contribution is 2.13. The third-order valence-corrected chi connectivity index (χ3v) is 2.94. The van der Waals surface area contributed by atoms with Crippen molar-refractivity contribution < 1.29 is 9.53 Å². The van der Waals surface area contributed by atoms with Gasteiger partial charge in [0.15, 0.2) is 0 Å². The molecular weight excluding hydrogens is 264 g/mol. The number of hydrogen-bond donors (Lipinski definition) is 1. The summed E-state index contributed by atoms with van der Waals surface area (Å²) in [6.45, 7) is 10.1. The van der Waals surface area contributed by atoms with Crippen LogP contribution in [-0.2, 0) is 16.1 Å². The molecule has 0 fully saturated rings. The van der Waals surface area contributed by atoms with E-state index in [0.29, 0.717) is 12.1 Å². The highest BCUT2D eigenvalue weighted by molar-refractivity contribution is 5.76. The Balaban J connectivity index is 2.66. The monoisotopic (exact) mass is 288 g/mol. The molecule has 0 aromatic heterocycles. The van der Waals surface area contributed by atoms with Crippen molar-refractivity contribution in [2.24, 2.45) is 5.92 Å².